The fourth-order valence-corrected chi connectivity index (χ4v) is 3.32. The quantitative estimate of drug-likeness (QED) is 0.717. The van der Waals surface area contributed by atoms with Crippen LogP contribution in [0.25, 0.3) is 0 Å². The van der Waals surface area contributed by atoms with Gasteiger partial charge < -0.3 is 5.73 Å². The largest absolute Gasteiger partial charge is 0.368 e. The zero-order valence-corrected chi connectivity index (χ0v) is 9.39. The van der Waals surface area contributed by atoms with Crippen molar-refractivity contribution in [1.29, 1.82) is 0 Å². The second-order valence-electron chi connectivity index (χ2n) is 3.58. The summed E-state index contributed by atoms with van der Waals surface area (Å²) in [6.07, 6.45) is 4.25. The van der Waals surface area contributed by atoms with Gasteiger partial charge in [-0.05, 0) is 12.8 Å². The van der Waals surface area contributed by atoms with Crippen molar-refractivity contribution in [1.82, 2.24) is 0 Å². The molecule has 1 heterocycles. The van der Waals surface area contributed by atoms with E-state index in [9.17, 15) is 9.59 Å². The van der Waals surface area contributed by atoms with Crippen molar-refractivity contribution in [3.05, 3.63) is 25.3 Å². The molecule has 0 aromatic carbocycles. The van der Waals surface area contributed by atoms with Gasteiger partial charge in [0.05, 0.1) is 5.75 Å². The lowest BCUT2D eigenvalue weighted by Crippen LogP contribution is -2.45. The topological polar surface area (TPSA) is 60.2 Å². The van der Waals surface area contributed by atoms with E-state index in [4.69, 9.17) is 5.73 Å². The van der Waals surface area contributed by atoms with Gasteiger partial charge in [0.2, 0.25) is 5.91 Å². The van der Waals surface area contributed by atoms with Crippen LogP contribution in [0.1, 0.15) is 12.8 Å². The van der Waals surface area contributed by atoms with Crippen LogP contribution in [-0.4, -0.2) is 22.2 Å². The Labute approximate surface area is 93.8 Å². The van der Waals surface area contributed by atoms with Gasteiger partial charge in [0, 0.05) is 5.92 Å². The third kappa shape index (κ3) is 2.00. The summed E-state index contributed by atoms with van der Waals surface area (Å²) in [5.74, 6) is -0.323. The maximum Gasteiger partial charge on any atom is 0.234 e. The maximum atomic E-state index is 11.6. The molecule has 0 saturated carbocycles. The molecule has 1 rings (SSSR count). The number of Topliss-reactive ketones (excluding diaryl/α,β-unsaturated/α-hetero) is 1. The highest BCUT2D eigenvalue weighted by atomic mass is 32.2. The van der Waals surface area contributed by atoms with E-state index in [-0.39, 0.29) is 11.7 Å². The van der Waals surface area contributed by atoms with E-state index in [2.05, 4.69) is 13.2 Å². The Hall–Kier alpha value is -1.03. The number of carbonyl (C=O) groups is 2. The van der Waals surface area contributed by atoms with Gasteiger partial charge in [0.15, 0.2) is 0 Å². The Morgan fingerprint density at radius 1 is 1.60 bits per heavy atom. The van der Waals surface area contributed by atoms with Crippen LogP contribution in [0.4, 0.5) is 0 Å². The second kappa shape index (κ2) is 4.66. The summed E-state index contributed by atoms with van der Waals surface area (Å²) in [5, 5.41) is 0. The van der Waals surface area contributed by atoms with E-state index < -0.39 is 10.7 Å². The molecule has 0 radical (unpaired) electrons. The number of nitrogens with two attached hydrogens (primary N) is 1. The van der Waals surface area contributed by atoms with Crippen LogP contribution in [0, 0.1) is 5.92 Å². The molecule has 2 N–H and O–H groups in total. The number of rotatable bonds is 5. The van der Waals surface area contributed by atoms with Crippen LogP contribution in [0.15, 0.2) is 25.3 Å². The molecule has 4 heteroatoms. The van der Waals surface area contributed by atoms with Crippen molar-refractivity contribution in [2.75, 3.05) is 5.75 Å². The summed E-state index contributed by atoms with van der Waals surface area (Å²) in [4.78, 5) is 23.2. The summed E-state index contributed by atoms with van der Waals surface area (Å²) in [5.41, 5.74) is 5.41. The number of carbonyl (C=O) groups excluding carboxylic acids is 2. The molecule has 0 bridgehead atoms. The lowest BCUT2D eigenvalue weighted by molar-refractivity contribution is -0.127. The van der Waals surface area contributed by atoms with E-state index in [0.29, 0.717) is 18.6 Å². The first-order valence-corrected chi connectivity index (χ1v) is 5.75. The zero-order valence-electron chi connectivity index (χ0n) is 8.57. The van der Waals surface area contributed by atoms with E-state index in [0.717, 1.165) is 0 Å². The summed E-state index contributed by atoms with van der Waals surface area (Å²) in [7, 11) is 0. The average molecular weight is 225 g/mol. The number of allylic oxidation sites excluding steroid dienone is 2. The van der Waals surface area contributed by atoms with Crippen molar-refractivity contribution in [2.45, 2.75) is 17.6 Å². The van der Waals surface area contributed by atoms with Gasteiger partial charge in [0.25, 0.3) is 0 Å². The summed E-state index contributed by atoms with van der Waals surface area (Å²) < 4.78 is -0.799. The molecular formula is C11H15NO2S. The molecule has 3 nitrogen and oxygen atoms in total. The molecule has 0 aliphatic carbocycles. The fourth-order valence-electron chi connectivity index (χ4n) is 1.91. The lowest BCUT2D eigenvalue weighted by atomic mass is 9.83. The van der Waals surface area contributed by atoms with Gasteiger partial charge in [-0.3, -0.25) is 9.59 Å². The molecule has 82 valence electrons. The number of hydrogen-bond acceptors (Lipinski definition) is 3. The molecule has 2 atom stereocenters. The van der Waals surface area contributed by atoms with Gasteiger partial charge in [-0.15, -0.1) is 24.9 Å². The highest BCUT2D eigenvalue weighted by Gasteiger charge is 2.51. The molecule has 1 saturated heterocycles. The van der Waals surface area contributed by atoms with Crippen LogP contribution in [-0.2, 0) is 9.59 Å². The first-order chi connectivity index (χ1) is 7.08. The van der Waals surface area contributed by atoms with Crippen LogP contribution < -0.4 is 5.73 Å². The normalized spacial score (nSPS) is 30.1. The number of primary amides is 1. The molecule has 1 fully saturated rings. The third-order valence-electron chi connectivity index (χ3n) is 2.69. The third-order valence-corrected chi connectivity index (χ3v) is 4.29. The highest BCUT2D eigenvalue weighted by Crippen LogP contribution is 2.45. The SMILES string of the molecule is C=CCC1C(=O)CSC1(CC=C)C(N)=O. The lowest BCUT2D eigenvalue weighted by Gasteiger charge is -2.28. The second-order valence-corrected chi connectivity index (χ2v) is 4.88. The monoisotopic (exact) mass is 225 g/mol. The summed E-state index contributed by atoms with van der Waals surface area (Å²) in [6.45, 7) is 7.22. The number of amides is 1. The molecule has 15 heavy (non-hydrogen) atoms. The van der Waals surface area contributed by atoms with E-state index in [1.807, 2.05) is 0 Å². The maximum absolute atomic E-state index is 11.6. The first kappa shape index (κ1) is 12.0. The number of thioether (sulfide) groups is 1. The number of hydrogen-bond donors (Lipinski definition) is 1. The zero-order chi connectivity index (χ0) is 11.5. The molecule has 0 aromatic heterocycles. The Kier molecular flexibility index (Phi) is 3.74. The minimum Gasteiger partial charge on any atom is -0.368 e. The van der Waals surface area contributed by atoms with Crippen LogP contribution in [0.2, 0.25) is 0 Å². The van der Waals surface area contributed by atoms with Crippen molar-refractivity contribution in [3.63, 3.8) is 0 Å². The van der Waals surface area contributed by atoms with Gasteiger partial charge in [0.1, 0.15) is 10.5 Å². The average Bonchev–Trinajstić information content (AvgIpc) is 2.48. The Balaban J connectivity index is 3.04. The molecule has 2 unspecified atom stereocenters. The minimum absolute atomic E-state index is 0.0838. The van der Waals surface area contributed by atoms with Gasteiger partial charge in [-0.1, -0.05) is 12.2 Å². The predicted molar refractivity (Wildman–Crippen MR) is 62.5 cm³/mol. The minimum atomic E-state index is -0.799. The molecule has 1 aliphatic rings. The van der Waals surface area contributed by atoms with Crippen LogP contribution in [0.5, 0.6) is 0 Å². The molecule has 1 aliphatic heterocycles. The van der Waals surface area contributed by atoms with Gasteiger partial charge in [-0.2, -0.15) is 0 Å². The van der Waals surface area contributed by atoms with E-state index >= 15 is 0 Å². The molecule has 0 aromatic rings. The number of ketones is 1. The molecular weight excluding hydrogens is 210 g/mol. The van der Waals surface area contributed by atoms with Crippen molar-refractivity contribution < 1.29 is 9.59 Å². The summed E-state index contributed by atoms with van der Waals surface area (Å²) in [6, 6.07) is 0. The van der Waals surface area contributed by atoms with Crippen LogP contribution >= 0.6 is 11.8 Å². The Morgan fingerprint density at radius 2 is 2.27 bits per heavy atom. The van der Waals surface area contributed by atoms with Gasteiger partial charge in [-0.25, -0.2) is 0 Å². The smallest absolute Gasteiger partial charge is 0.234 e. The van der Waals surface area contributed by atoms with E-state index in [1.54, 1.807) is 12.2 Å². The van der Waals surface area contributed by atoms with Crippen LogP contribution in [0.3, 0.4) is 0 Å². The molecule has 0 spiro atoms. The first-order valence-electron chi connectivity index (χ1n) is 4.77. The standard InChI is InChI=1S/C11H15NO2S/c1-3-5-8-9(13)7-15-11(8,6-4-2)10(12)14/h3-4,8H,1-2,5-7H2,(H2,12,14). The highest BCUT2D eigenvalue weighted by molar-refractivity contribution is 8.02. The van der Waals surface area contributed by atoms with Gasteiger partial charge >= 0.3 is 0 Å². The molecule has 1 amide bonds. The Morgan fingerprint density at radius 3 is 2.73 bits per heavy atom. The fraction of sp³-hybridized carbons (Fsp3) is 0.455. The summed E-state index contributed by atoms with van der Waals surface area (Å²) >= 11 is 1.34. The van der Waals surface area contributed by atoms with E-state index in [1.165, 1.54) is 11.8 Å². The van der Waals surface area contributed by atoms with Crippen molar-refractivity contribution in [3.8, 4) is 0 Å². The van der Waals surface area contributed by atoms with Crippen molar-refractivity contribution >= 4 is 23.5 Å². The predicted octanol–water partition coefficient (Wildman–Crippen LogP) is 1.29. The Bertz CT molecular complexity index is 314. The van der Waals surface area contributed by atoms with Crippen molar-refractivity contribution in [2.24, 2.45) is 11.7 Å².